The Morgan fingerprint density at radius 3 is 2.32 bits per heavy atom. The Bertz CT molecular complexity index is 583. The normalized spacial score (nSPS) is 11.4. The Morgan fingerprint density at radius 1 is 1.11 bits per heavy atom. The average Bonchev–Trinajstić information content (AvgIpc) is 2.30. The molecule has 0 fully saturated rings. The van der Waals surface area contributed by atoms with Gasteiger partial charge < -0.3 is 11.1 Å². The van der Waals surface area contributed by atoms with E-state index in [1.54, 1.807) is 0 Å². The van der Waals surface area contributed by atoms with Crippen LogP contribution in [0.3, 0.4) is 0 Å². The van der Waals surface area contributed by atoms with E-state index in [-0.39, 0.29) is 16.7 Å². The van der Waals surface area contributed by atoms with Gasteiger partial charge >= 0.3 is 6.18 Å². The number of nitrogens with two attached hydrogens (primary N) is 1. The van der Waals surface area contributed by atoms with Gasteiger partial charge in [0.25, 0.3) is 0 Å². The molecule has 0 spiro atoms. The SMILES string of the molecule is Nc1cnc(Nc2cc(Cl)cc(C(F)(F)F)c2)nc1. The summed E-state index contributed by atoms with van der Waals surface area (Å²) in [6, 6.07) is 3.11. The fourth-order valence-electron chi connectivity index (χ4n) is 1.36. The first-order valence-electron chi connectivity index (χ1n) is 5.07. The molecular formula is C11H8ClF3N4. The predicted octanol–water partition coefficient (Wildman–Crippen LogP) is 3.47. The number of nitrogens with one attached hydrogen (secondary N) is 1. The maximum Gasteiger partial charge on any atom is 0.416 e. The van der Waals surface area contributed by atoms with E-state index in [1.165, 1.54) is 18.5 Å². The number of nitrogens with zero attached hydrogens (tertiary/aromatic N) is 2. The van der Waals surface area contributed by atoms with Crippen LogP contribution in [0.2, 0.25) is 5.02 Å². The van der Waals surface area contributed by atoms with E-state index in [0.29, 0.717) is 5.69 Å². The average molecular weight is 289 g/mol. The lowest BCUT2D eigenvalue weighted by Gasteiger charge is -2.10. The molecule has 4 nitrogen and oxygen atoms in total. The zero-order chi connectivity index (χ0) is 14.0. The monoisotopic (exact) mass is 288 g/mol. The van der Waals surface area contributed by atoms with E-state index >= 15 is 0 Å². The first kappa shape index (κ1) is 13.4. The number of aromatic nitrogens is 2. The molecule has 8 heteroatoms. The number of rotatable bonds is 2. The molecular weight excluding hydrogens is 281 g/mol. The maximum absolute atomic E-state index is 12.6. The molecule has 2 rings (SSSR count). The third-order valence-electron chi connectivity index (χ3n) is 2.15. The molecule has 1 aromatic heterocycles. The second kappa shape index (κ2) is 4.93. The van der Waals surface area contributed by atoms with Crippen molar-refractivity contribution in [3.8, 4) is 0 Å². The number of hydrogen-bond donors (Lipinski definition) is 2. The van der Waals surface area contributed by atoms with Gasteiger partial charge in [-0.2, -0.15) is 13.2 Å². The molecule has 0 saturated carbocycles. The van der Waals surface area contributed by atoms with Gasteiger partial charge in [-0.3, -0.25) is 0 Å². The summed E-state index contributed by atoms with van der Waals surface area (Å²) in [4.78, 5) is 7.65. The molecule has 0 saturated heterocycles. The minimum Gasteiger partial charge on any atom is -0.396 e. The van der Waals surface area contributed by atoms with Crippen LogP contribution in [0.4, 0.5) is 30.5 Å². The summed E-state index contributed by atoms with van der Waals surface area (Å²) in [6.07, 6.45) is -1.79. The highest BCUT2D eigenvalue weighted by Crippen LogP contribution is 2.33. The fourth-order valence-corrected chi connectivity index (χ4v) is 1.59. The van der Waals surface area contributed by atoms with Gasteiger partial charge in [0.2, 0.25) is 5.95 Å². The molecule has 0 amide bonds. The Balaban J connectivity index is 2.30. The molecule has 0 aliphatic rings. The lowest BCUT2D eigenvalue weighted by Crippen LogP contribution is -2.06. The van der Waals surface area contributed by atoms with Gasteiger partial charge in [0.1, 0.15) is 0 Å². The molecule has 0 aliphatic carbocycles. The minimum absolute atomic E-state index is 0.0345. The second-order valence-corrected chi connectivity index (χ2v) is 4.13. The van der Waals surface area contributed by atoms with E-state index in [9.17, 15) is 13.2 Å². The second-order valence-electron chi connectivity index (χ2n) is 3.69. The number of nitrogen functional groups attached to an aromatic ring is 1. The highest BCUT2D eigenvalue weighted by atomic mass is 35.5. The van der Waals surface area contributed by atoms with Crippen molar-refractivity contribution in [1.82, 2.24) is 9.97 Å². The maximum atomic E-state index is 12.6. The van der Waals surface area contributed by atoms with Gasteiger partial charge in [0, 0.05) is 10.7 Å². The number of alkyl halides is 3. The smallest absolute Gasteiger partial charge is 0.396 e. The molecule has 1 heterocycles. The fraction of sp³-hybridized carbons (Fsp3) is 0.0909. The summed E-state index contributed by atoms with van der Waals surface area (Å²) in [6.45, 7) is 0. The molecule has 0 unspecified atom stereocenters. The number of benzene rings is 1. The Kier molecular flexibility index (Phi) is 3.48. The largest absolute Gasteiger partial charge is 0.416 e. The van der Waals surface area contributed by atoms with E-state index in [0.717, 1.165) is 12.1 Å². The molecule has 0 radical (unpaired) electrons. The van der Waals surface area contributed by atoms with Crippen LogP contribution >= 0.6 is 11.6 Å². The summed E-state index contributed by atoms with van der Waals surface area (Å²) < 4.78 is 37.8. The van der Waals surface area contributed by atoms with Crippen molar-refractivity contribution in [2.24, 2.45) is 0 Å². The van der Waals surface area contributed by atoms with Crippen molar-refractivity contribution in [1.29, 1.82) is 0 Å². The van der Waals surface area contributed by atoms with Crippen LogP contribution in [-0.2, 0) is 6.18 Å². The zero-order valence-electron chi connectivity index (χ0n) is 9.37. The van der Waals surface area contributed by atoms with Crippen molar-refractivity contribution >= 4 is 28.9 Å². The molecule has 0 bridgehead atoms. The standard InChI is InChI=1S/C11H8ClF3N4/c12-7-1-6(11(13,14)15)2-9(3-7)19-10-17-4-8(16)5-18-10/h1-5H,16H2,(H,17,18,19). The highest BCUT2D eigenvalue weighted by Gasteiger charge is 2.31. The van der Waals surface area contributed by atoms with Crippen LogP contribution in [0.1, 0.15) is 5.56 Å². The van der Waals surface area contributed by atoms with Gasteiger partial charge in [0.15, 0.2) is 0 Å². The van der Waals surface area contributed by atoms with Crippen molar-refractivity contribution in [2.45, 2.75) is 6.18 Å². The summed E-state index contributed by atoms with van der Waals surface area (Å²) in [5.74, 6) is 0.129. The molecule has 2 aromatic rings. The Morgan fingerprint density at radius 2 is 1.74 bits per heavy atom. The quantitative estimate of drug-likeness (QED) is 0.888. The first-order valence-corrected chi connectivity index (χ1v) is 5.45. The van der Waals surface area contributed by atoms with E-state index in [1.807, 2.05) is 0 Å². The van der Waals surface area contributed by atoms with Crippen molar-refractivity contribution in [3.63, 3.8) is 0 Å². The van der Waals surface area contributed by atoms with Crippen molar-refractivity contribution in [3.05, 3.63) is 41.2 Å². The van der Waals surface area contributed by atoms with Crippen molar-refractivity contribution in [2.75, 3.05) is 11.1 Å². The lowest BCUT2D eigenvalue weighted by atomic mass is 10.2. The van der Waals surface area contributed by atoms with Crippen LogP contribution in [0, 0.1) is 0 Å². The van der Waals surface area contributed by atoms with E-state index in [4.69, 9.17) is 17.3 Å². The number of anilines is 3. The summed E-state index contributed by atoms with van der Waals surface area (Å²) >= 11 is 5.65. The van der Waals surface area contributed by atoms with Crippen LogP contribution in [0.25, 0.3) is 0 Å². The van der Waals surface area contributed by atoms with E-state index in [2.05, 4.69) is 15.3 Å². The topological polar surface area (TPSA) is 63.8 Å². The Labute approximate surface area is 111 Å². The molecule has 0 aliphatic heterocycles. The molecule has 3 N–H and O–H groups in total. The summed E-state index contributed by atoms with van der Waals surface area (Å²) in [7, 11) is 0. The van der Waals surface area contributed by atoms with Crippen molar-refractivity contribution < 1.29 is 13.2 Å². The third-order valence-corrected chi connectivity index (χ3v) is 2.37. The van der Waals surface area contributed by atoms with Gasteiger partial charge in [-0.15, -0.1) is 0 Å². The summed E-state index contributed by atoms with van der Waals surface area (Å²) in [5, 5.41) is 2.59. The minimum atomic E-state index is -4.47. The van der Waals surface area contributed by atoms with Crippen LogP contribution in [0.15, 0.2) is 30.6 Å². The third kappa shape index (κ3) is 3.47. The van der Waals surface area contributed by atoms with Gasteiger partial charge in [-0.25, -0.2) is 9.97 Å². The Hall–Kier alpha value is -2.02. The van der Waals surface area contributed by atoms with Gasteiger partial charge in [-0.1, -0.05) is 11.6 Å². The summed E-state index contributed by atoms with van der Waals surface area (Å²) in [5.41, 5.74) is 5.05. The number of hydrogen-bond acceptors (Lipinski definition) is 4. The number of halogens is 4. The lowest BCUT2D eigenvalue weighted by molar-refractivity contribution is -0.137. The molecule has 0 atom stereocenters. The van der Waals surface area contributed by atoms with Gasteiger partial charge in [0.05, 0.1) is 23.6 Å². The van der Waals surface area contributed by atoms with Gasteiger partial charge in [-0.05, 0) is 18.2 Å². The molecule has 1 aromatic carbocycles. The molecule has 100 valence electrons. The first-order chi connectivity index (χ1) is 8.84. The molecule has 19 heavy (non-hydrogen) atoms. The highest BCUT2D eigenvalue weighted by molar-refractivity contribution is 6.31. The zero-order valence-corrected chi connectivity index (χ0v) is 10.1. The van der Waals surface area contributed by atoms with Crippen LogP contribution in [0.5, 0.6) is 0 Å². The van der Waals surface area contributed by atoms with E-state index < -0.39 is 11.7 Å². The van der Waals surface area contributed by atoms with Crippen LogP contribution in [-0.4, -0.2) is 9.97 Å². The van der Waals surface area contributed by atoms with Crippen LogP contribution < -0.4 is 11.1 Å². The predicted molar refractivity (Wildman–Crippen MR) is 66.2 cm³/mol.